The van der Waals surface area contributed by atoms with Gasteiger partial charge >= 0.3 is 0 Å². The van der Waals surface area contributed by atoms with Crippen LogP contribution in [-0.2, 0) is 6.42 Å². The highest BCUT2D eigenvalue weighted by Crippen LogP contribution is 2.37. The highest BCUT2D eigenvalue weighted by molar-refractivity contribution is 7.21. The Balaban J connectivity index is 1.42. The Kier molecular flexibility index (Phi) is 7.32. The van der Waals surface area contributed by atoms with Crippen molar-refractivity contribution in [3.63, 3.8) is 0 Å². The van der Waals surface area contributed by atoms with E-state index in [0.717, 1.165) is 65.9 Å². The lowest BCUT2D eigenvalue weighted by Gasteiger charge is -2.34. The number of rotatable bonds is 8. The summed E-state index contributed by atoms with van der Waals surface area (Å²) in [6, 6.07) is 11.6. The lowest BCUT2D eigenvalue weighted by molar-refractivity contribution is 0.100. The summed E-state index contributed by atoms with van der Waals surface area (Å²) in [5, 5.41) is 23.9. The Morgan fingerprint density at radius 2 is 2.15 bits per heavy atom. The van der Waals surface area contributed by atoms with Crippen molar-refractivity contribution >= 4 is 39.0 Å². The largest absolute Gasteiger partial charge is 0.397 e. The van der Waals surface area contributed by atoms with E-state index in [-0.39, 0.29) is 0 Å². The number of pyridine rings is 1. The molecule has 0 aliphatic carbocycles. The lowest BCUT2D eigenvalue weighted by atomic mass is 10.0. The molecule has 1 atom stereocenters. The number of fused-ring (bicyclic) bond motifs is 1. The fourth-order valence-corrected chi connectivity index (χ4v) is 5.51. The summed E-state index contributed by atoms with van der Waals surface area (Å²) in [6.45, 7) is 4.23. The fourth-order valence-electron chi connectivity index (χ4n) is 4.52. The molecule has 1 aromatic carbocycles. The van der Waals surface area contributed by atoms with E-state index >= 15 is 0 Å². The van der Waals surface area contributed by atoms with Gasteiger partial charge in [0.2, 0.25) is 0 Å². The van der Waals surface area contributed by atoms with Crippen LogP contribution in [0.2, 0.25) is 0 Å². The van der Waals surface area contributed by atoms with Gasteiger partial charge in [0.25, 0.3) is 5.91 Å². The van der Waals surface area contributed by atoms with Gasteiger partial charge in [0.15, 0.2) is 0 Å². The second-order valence-electron chi connectivity index (χ2n) is 8.70. The predicted molar refractivity (Wildman–Crippen MR) is 136 cm³/mol. The number of nitrogens with one attached hydrogen (secondary N) is 1. The molecule has 9 heteroatoms. The smallest absolute Gasteiger partial charge is 0.260 e. The molecular weight excluding hydrogens is 448 g/mol. The molecule has 178 valence electrons. The van der Waals surface area contributed by atoms with Crippen molar-refractivity contribution in [1.29, 1.82) is 5.26 Å². The number of nitrogens with zero attached hydrogens (tertiary/aromatic N) is 3. The third kappa shape index (κ3) is 4.99. The van der Waals surface area contributed by atoms with Crippen molar-refractivity contribution in [2.75, 3.05) is 30.3 Å². The first-order chi connectivity index (χ1) is 16.4. The number of carbonyl (C=O) groups excluding carboxylic acids is 1. The minimum atomic E-state index is -0.657. The molecule has 4 rings (SSSR count). The van der Waals surface area contributed by atoms with Gasteiger partial charge in [-0.15, -0.1) is 11.3 Å². The number of carbonyl (C=O) groups is 1. The van der Waals surface area contributed by atoms with Crippen molar-refractivity contribution in [2.45, 2.75) is 44.8 Å². The zero-order valence-electron chi connectivity index (χ0n) is 19.3. The van der Waals surface area contributed by atoms with Crippen LogP contribution in [0.1, 0.15) is 58.7 Å². The van der Waals surface area contributed by atoms with Crippen molar-refractivity contribution in [2.24, 2.45) is 5.73 Å². The Bertz CT molecular complexity index is 1230. The average molecular weight is 479 g/mol. The van der Waals surface area contributed by atoms with Gasteiger partial charge in [-0.1, -0.05) is 25.5 Å². The number of hydrogen-bond donors (Lipinski definition) is 4. The molecule has 1 saturated heterocycles. The number of nitrogen functional groups attached to an aromatic ring is 1. The fraction of sp³-hybridized carbons (Fsp3) is 0.400. The number of anilines is 2. The van der Waals surface area contributed by atoms with Crippen LogP contribution in [0, 0.1) is 11.3 Å². The molecule has 1 aliphatic heterocycles. The maximum absolute atomic E-state index is 11.8. The molecule has 0 spiro atoms. The zero-order chi connectivity index (χ0) is 24.2. The van der Waals surface area contributed by atoms with Crippen molar-refractivity contribution in [3.05, 3.63) is 51.9 Å². The van der Waals surface area contributed by atoms with Gasteiger partial charge in [-0.3, -0.25) is 4.79 Å². The summed E-state index contributed by atoms with van der Waals surface area (Å²) < 4.78 is 0. The standard InChI is InChI=1S/C25H30N6O2S/c1-2-4-17-12-20(30-25-21(17)22(27)23(34-25)24(28)33)31-9-7-18(8-10-31)29-14-19(32)16-6-3-5-15(11-16)13-26/h3,5-6,11-12,18-19,29,32H,2,4,7-10,14,27H2,1H3,(H2,28,33). The minimum absolute atomic E-state index is 0.294. The third-order valence-corrected chi connectivity index (χ3v) is 7.44. The van der Waals surface area contributed by atoms with E-state index in [2.05, 4.69) is 29.3 Å². The topological polar surface area (TPSA) is 141 Å². The van der Waals surface area contributed by atoms with E-state index in [1.165, 1.54) is 11.3 Å². The Hall–Kier alpha value is -3.19. The van der Waals surface area contributed by atoms with Gasteiger partial charge in [-0.2, -0.15) is 5.26 Å². The molecule has 3 heterocycles. The summed E-state index contributed by atoms with van der Waals surface area (Å²) in [6.07, 6.45) is 3.01. The minimum Gasteiger partial charge on any atom is -0.397 e. The first-order valence-corrected chi connectivity index (χ1v) is 12.4. The van der Waals surface area contributed by atoms with Crippen LogP contribution >= 0.6 is 11.3 Å². The van der Waals surface area contributed by atoms with Crippen molar-refractivity contribution < 1.29 is 9.90 Å². The van der Waals surface area contributed by atoms with Crippen LogP contribution < -0.4 is 21.7 Å². The number of benzene rings is 1. The number of aliphatic hydroxyl groups excluding tert-OH is 1. The third-order valence-electron chi connectivity index (χ3n) is 6.33. The number of nitrogens with two attached hydrogens (primary N) is 2. The summed E-state index contributed by atoms with van der Waals surface area (Å²) in [7, 11) is 0. The van der Waals surface area contributed by atoms with Gasteiger partial charge in [-0.25, -0.2) is 4.98 Å². The maximum atomic E-state index is 11.8. The lowest BCUT2D eigenvalue weighted by Crippen LogP contribution is -2.44. The highest BCUT2D eigenvalue weighted by Gasteiger charge is 2.24. The number of aromatic nitrogens is 1. The van der Waals surface area contributed by atoms with Gasteiger partial charge in [0, 0.05) is 31.1 Å². The van der Waals surface area contributed by atoms with Gasteiger partial charge in [-0.05, 0) is 48.6 Å². The second kappa shape index (κ2) is 10.4. The molecule has 0 radical (unpaired) electrons. The molecule has 1 amide bonds. The number of aryl methyl sites for hydroxylation is 1. The van der Waals surface area contributed by atoms with Crippen LogP contribution in [0.15, 0.2) is 30.3 Å². The van der Waals surface area contributed by atoms with E-state index in [1.54, 1.807) is 18.2 Å². The van der Waals surface area contributed by atoms with Crippen molar-refractivity contribution in [3.8, 4) is 6.07 Å². The predicted octanol–water partition coefficient (Wildman–Crippen LogP) is 3.09. The monoisotopic (exact) mass is 478 g/mol. The number of hydrogen-bond acceptors (Lipinski definition) is 8. The Morgan fingerprint density at radius 1 is 1.38 bits per heavy atom. The number of thiophene rings is 1. The zero-order valence-corrected chi connectivity index (χ0v) is 20.1. The highest BCUT2D eigenvalue weighted by atomic mass is 32.1. The quantitative estimate of drug-likeness (QED) is 0.390. The van der Waals surface area contributed by atoms with E-state index in [4.69, 9.17) is 21.7 Å². The second-order valence-corrected chi connectivity index (χ2v) is 9.70. The number of amides is 1. The Morgan fingerprint density at radius 3 is 2.82 bits per heavy atom. The number of piperidine rings is 1. The summed E-state index contributed by atoms with van der Waals surface area (Å²) in [5.41, 5.74) is 14.6. The molecule has 6 N–H and O–H groups in total. The molecular formula is C25H30N6O2S. The molecule has 2 aromatic heterocycles. The molecule has 3 aromatic rings. The number of nitriles is 1. The number of primary amides is 1. The molecule has 1 aliphatic rings. The van der Waals surface area contributed by atoms with Crippen LogP contribution in [0.4, 0.5) is 11.5 Å². The number of aliphatic hydroxyl groups is 1. The molecule has 0 bridgehead atoms. The molecule has 8 nitrogen and oxygen atoms in total. The molecule has 34 heavy (non-hydrogen) atoms. The van der Waals surface area contributed by atoms with E-state index < -0.39 is 12.0 Å². The van der Waals surface area contributed by atoms with Gasteiger partial charge < -0.3 is 26.8 Å². The van der Waals surface area contributed by atoms with E-state index in [1.807, 2.05) is 6.07 Å². The average Bonchev–Trinajstić information content (AvgIpc) is 3.20. The Labute approximate surface area is 203 Å². The van der Waals surface area contributed by atoms with Gasteiger partial charge in [0.05, 0.1) is 23.4 Å². The normalized spacial score (nSPS) is 15.4. The first kappa shape index (κ1) is 24.0. The first-order valence-electron chi connectivity index (χ1n) is 11.6. The molecule has 1 fully saturated rings. The van der Waals surface area contributed by atoms with Crippen LogP contribution in [0.5, 0.6) is 0 Å². The van der Waals surface area contributed by atoms with E-state index in [9.17, 15) is 9.90 Å². The summed E-state index contributed by atoms with van der Waals surface area (Å²) in [5.74, 6) is 0.387. The van der Waals surface area contributed by atoms with E-state index in [0.29, 0.717) is 28.7 Å². The SMILES string of the molecule is CCCc1cc(N2CCC(NCC(O)c3cccc(C#N)c3)CC2)nc2sc(C(N)=O)c(N)c12. The van der Waals surface area contributed by atoms with Crippen LogP contribution in [0.3, 0.4) is 0 Å². The van der Waals surface area contributed by atoms with Crippen LogP contribution in [0.25, 0.3) is 10.2 Å². The molecule has 1 unspecified atom stereocenters. The summed E-state index contributed by atoms with van der Waals surface area (Å²) >= 11 is 1.26. The molecule has 0 saturated carbocycles. The summed E-state index contributed by atoms with van der Waals surface area (Å²) in [4.78, 5) is 20.0. The van der Waals surface area contributed by atoms with Crippen LogP contribution in [-0.4, -0.2) is 41.7 Å². The maximum Gasteiger partial charge on any atom is 0.260 e. The van der Waals surface area contributed by atoms with Gasteiger partial charge in [0.1, 0.15) is 15.5 Å². The van der Waals surface area contributed by atoms with Crippen molar-refractivity contribution in [1.82, 2.24) is 10.3 Å².